The van der Waals surface area contributed by atoms with E-state index < -0.39 is 0 Å². The van der Waals surface area contributed by atoms with Crippen LogP contribution in [-0.2, 0) is 4.79 Å². The van der Waals surface area contributed by atoms with Gasteiger partial charge >= 0.3 is 0 Å². The Bertz CT molecular complexity index is 1120. The van der Waals surface area contributed by atoms with Crippen LogP contribution < -0.4 is 0 Å². The van der Waals surface area contributed by atoms with Crippen LogP contribution >= 0.6 is 0 Å². The zero-order chi connectivity index (χ0) is 22.8. The van der Waals surface area contributed by atoms with Crippen molar-refractivity contribution in [3.8, 4) is 11.4 Å². The van der Waals surface area contributed by atoms with E-state index in [4.69, 9.17) is 8.94 Å². The normalized spacial score (nSPS) is 19.6. The number of rotatable bonds is 4. The number of hydrogen-bond donors (Lipinski definition) is 0. The van der Waals surface area contributed by atoms with Crippen LogP contribution in [0.3, 0.4) is 0 Å². The first kappa shape index (κ1) is 21.4. The van der Waals surface area contributed by atoms with E-state index in [0.717, 1.165) is 12.8 Å². The number of benzene rings is 1. The highest BCUT2D eigenvalue weighted by Crippen LogP contribution is 2.30. The molecule has 4 heterocycles. The Morgan fingerprint density at radius 2 is 1.91 bits per heavy atom. The third kappa shape index (κ3) is 4.53. The molecule has 0 saturated carbocycles. The fourth-order valence-electron chi connectivity index (χ4n) is 4.68. The van der Waals surface area contributed by atoms with Crippen molar-refractivity contribution in [1.29, 1.82) is 0 Å². The highest BCUT2D eigenvalue weighted by atomic mass is 19.1. The maximum absolute atomic E-state index is 13.5. The van der Waals surface area contributed by atoms with E-state index in [1.54, 1.807) is 23.1 Å². The third-order valence-electron chi connectivity index (χ3n) is 6.51. The zero-order valence-electron chi connectivity index (χ0n) is 18.2. The molecule has 0 spiro atoms. The lowest BCUT2D eigenvalue weighted by Gasteiger charge is -2.37. The second kappa shape index (κ2) is 9.17. The number of amides is 2. The van der Waals surface area contributed by atoms with E-state index >= 15 is 0 Å². The van der Waals surface area contributed by atoms with E-state index in [-0.39, 0.29) is 29.5 Å². The summed E-state index contributed by atoms with van der Waals surface area (Å²) in [7, 11) is 0. The summed E-state index contributed by atoms with van der Waals surface area (Å²) >= 11 is 0. The SMILES string of the molecule is O=C(c1ccoc1)N1CCC(C(=O)N2CCCC(c3nc(-c4cccc(F)c4)no3)C2)CC1. The molecule has 9 heteroatoms. The van der Waals surface area contributed by atoms with Crippen LogP contribution in [0.4, 0.5) is 4.39 Å². The second-order valence-electron chi connectivity index (χ2n) is 8.67. The van der Waals surface area contributed by atoms with Gasteiger partial charge in [-0.1, -0.05) is 17.3 Å². The lowest BCUT2D eigenvalue weighted by Crippen LogP contribution is -2.46. The number of aromatic nitrogens is 2. The molecule has 2 amide bonds. The van der Waals surface area contributed by atoms with Crippen molar-refractivity contribution >= 4 is 11.8 Å². The summed E-state index contributed by atoms with van der Waals surface area (Å²) < 4.78 is 24.0. The molecule has 2 saturated heterocycles. The van der Waals surface area contributed by atoms with Crippen LogP contribution in [0, 0.1) is 11.7 Å². The molecule has 0 radical (unpaired) electrons. The first-order valence-electron chi connectivity index (χ1n) is 11.3. The average molecular weight is 452 g/mol. The Hall–Kier alpha value is -3.49. The fraction of sp³-hybridized carbons (Fsp3) is 0.417. The molecule has 172 valence electrons. The van der Waals surface area contributed by atoms with Crippen LogP contribution in [-0.4, -0.2) is 57.9 Å². The van der Waals surface area contributed by atoms with Crippen LogP contribution in [0.1, 0.15) is 47.8 Å². The third-order valence-corrected chi connectivity index (χ3v) is 6.51. The summed E-state index contributed by atoms with van der Waals surface area (Å²) in [5, 5.41) is 4.01. The Kier molecular flexibility index (Phi) is 5.93. The van der Waals surface area contributed by atoms with Gasteiger partial charge in [0.25, 0.3) is 5.91 Å². The summed E-state index contributed by atoms with van der Waals surface area (Å²) in [5.41, 5.74) is 1.10. The summed E-state index contributed by atoms with van der Waals surface area (Å²) in [6.45, 7) is 2.34. The van der Waals surface area contributed by atoms with Crippen molar-refractivity contribution in [2.45, 2.75) is 31.6 Å². The molecular formula is C24H25FN4O4. The minimum atomic E-state index is -0.356. The molecule has 1 aromatic carbocycles. The van der Waals surface area contributed by atoms with Crippen molar-refractivity contribution in [3.05, 3.63) is 60.1 Å². The highest BCUT2D eigenvalue weighted by molar-refractivity contribution is 5.94. The van der Waals surface area contributed by atoms with Crippen LogP contribution in [0.5, 0.6) is 0 Å². The molecule has 2 aliphatic rings. The molecule has 0 N–H and O–H groups in total. The Labute approximate surface area is 190 Å². The maximum Gasteiger partial charge on any atom is 0.257 e. The molecule has 8 nitrogen and oxygen atoms in total. The number of nitrogens with zero attached hydrogens (tertiary/aromatic N) is 4. The van der Waals surface area contributed by atoms with Gasteiger partial charge in [0.05, 0.1) is 17.7 Å². The number of furan rings is 1. The number of hydrogen-bond acceptors (Lipinski definition) is 6. The van der Waals surface area contributed by atoms with Crippen molar-refractivity contribution in [2.24, 2.45) is 5.92 Å². The average Bonchev–Trinajstić information content (AvgIpc) is 3.56. The molecule has 2 fully saturated rings. The van der Waals surface area contributed by atoms with E-state index in [9.17, 15) is 14.0 Å². The molecular weight excluding hydrogens is 427 g/mol. The number of halogens is 1. The number of carbonyl (C=O) groups is 2. The van der Waals surface area contributed by atoms with Gasteiger partial charge in [0.15, 0.2) is 0 Å². The monoisotopic (exact) mass is 452 g/mol. The molecule has 3 aromatic rings. The predicted octanol–water partition coefficient (Wildman–Crippen LogP) is 3.73. The lowest BCUT2D eigenvalue weighted by atomic mass is 9.92. The van der Waals surface area contributed by atoms with Crippen molar-refractivity contribution < 1.29 is 22.9 Å². The molecule has 33 heavy (non-hydrogen) atoms. The van der Waals surface area contributed by atoms with Gasteiger partial charge in [0, 0.05) is 37.7 Å². The van der Waals surface area contributed by atoms with E-state index in [1.807, 2.05) is 4.90 Å². The largest absolute Gasteiger partial charge is 0.472 e. The number of likely N-dealkylation sites (tertiary alicyclic amines) is 2. The van der Waals surface area contributed by atoms with Crippen LogP contribution in [0.25, 0.3) is 11.4 Å². The van der Waals surface area contributed by atoms with E-state index in [1.165, 1.54) is 24.7 Å². The molecule has 0 aliphatic carbocycles. The summed E-state index contributed by atoms with van der Waals surface area (Å²) in [5.74, 6) is 0.404. The van der Waals surface area contributed by atoms with E-state index in [0.29, 0.717) is 61.9 Å². The Balaban J connectivity index is 1.19. The standard InChI is InChI=1S/C24H25FN4O4/c25-20-5-1-3-17(13-20)21-26-22(33-27-21)18-4-2-9-29(14-18)23(30)16-6-10-28(11-7-16)24(31)19-8-12-32-15-19/h1,3,5,8,12-13,15-16,18H,2,4,6-7,9-11,14H2. The smallest absolute Gasteiger partial charge is 0.257 e. The van der Waals surface area contributed by atoms with Gasteiger partial charge < -0.3 is 18.7 Å². The fourth-order valence-corrected chi connectivity index (χ4v) is 4.68. The Morgan fingerprint density at radius 1 is 1.06 bits per heavy atom. The van der Waals surface area contributed by atoms with Gasteiger partial charge in [0.2, 0.25) is 17.6 Å². The molecule has 0 bridgehead atoms. The van der Waals surface area contributed by atoms with Gasteiger partial charge in [-0.05, 0) is 43.9 Å². The van der Waals surface area contributed by atoms with Gasteiger partial charge in [-0.2, -0.15) is 4.98 Å². The highest BCUT2D eigenvalue weighted by Gasteiger charge is 2.34. The van der Waals surface area contributed by atoms with Gasteiger partial charge in [0.1, 0.15) is 12.1 Å². The van der Waals surface area contributed by atoms with Crippen LogP contribution in [0.15, 0.2) is 51.8 Å². The molecule has 1 atom stereocenters. The number of piperidine rings is 2. The summed E-state index contributed by atoms with van der Waals surface area (Å²) in [6.07, 6.45) is 5.94. The van der Waals surface area contributed by atoms with Crippen LogP contribution in [0.2, 0.25) is 0 Å². The minimum Gasteiger partial charge on any atom is -0.472 e. The molecule has 1 unspecified atom stereocenters. The van der Waals surface area contributed by atoms with Crippen molar-refractivity contribution in [2.75, 3.05) is 26.2 Å². The van der Waals surface area contributed by atoms with E-state index in [2.05, 4.69) is 10.1 Å². The zero-order valence-corrected chi connectivity index (χ0v) is 18.2. The van der Waals surface area contributed by atoms with Crippen molar-refractivity contribution in [3.63, 3.8) is 0 Å². The molecule has 2 aliphatic heterocycles. The summed E-state index contributed by atoms with van der Waals surface area (Å²) in [4.78, 5) is 33.8. The number of carbonyl (C=O) groups excluding carboxylic acids is 2. The molecule has 5 rings (SSSR count). The quantitative estimate of drug-likeness (QED) is 0.599. The first-order chi connectivity index (χ1) is 16.1. The summed E-state index contributed by atoms with van der Waals surface area (Å²) in [6, 6.07) is 7.74. The second-order valence-corrected chi connectivity index (χ2v) is 8.67. The maximum atomic E-state index is 13.5. The first-order valence-corrected chi connectivity index (χ1v) is 11.3. The van der Waals surface area contributed by atoms with Gasteiger partial charge in [-0.25, -0.2) is 4.39 Å². The molecule has 2 aromatic heterocycles. The van der Waals surface area contributed by atoms with Crippen molar-refractivity contribution in [1.82, 2.24) is 19.9 Å². The Morgan fingerprint density at radius 3 is 2.67 bits per heavy atom. The minimum absolute atomic E-state index is 0.0414. The lowest BCUT2D eigenvalue weighted by molar-refractivity contribution is -0.138. The van der Waals surface area contributed by atoms with Gasteiger partial charge in [-0.15, -0.1) is 0 Å². The van der Waals surface area contributed by atoms with Gasteiger partial charge in [-0.3, -0.25) is 9.59 Å². The topological polar surface area (TPSA) is 92.7 Å². The predicted molar refractivity (Wildman–Crippen MR) is 116 cm³/mol.